The molecule has 0 atom stereocenters. The Morgan fingerprint density at radius 3 is 1.74 bits per heavy atom. The number of hydrogen-bond donors (Lipinski definition) is 0. The normalized spacial score (nSPS) is 15.9. The van der Waals surface area contributed by atoms with Crippen LogP contribution in [0.15, 0.2) is 78.4 Å². The van der Waals surface area contributed by atoms with E-state index in [9.17, 15) is 0 Å². The lowest BCUT2D eigenvalue weighted by Crippen LogP contribution is -2.24. The maximum absolute atomic E-state index is 5.33. The molecule has 0 heterocycles. The van der Waals surface area contributed by atoms with Gasteiger partial charge in [0.15, 0.2) is 0 Å². The summed E-state index contributed by atoms with van der Waals surface area (Å²) < 4.78 is 5.33. The molecule has 0 radical (unpaired) electrons. The Kier molecular flexibility index (Phi) is 5.82. The average molecular weight is 361 g/mol. The molecular weight excluding hydrogens is 332 g/mol. The Hall–Kier alpha value is -2.78. The van der Waals surface area contributed by atoms with Crippen LogP contribution in [0.4, 0.5) is 5.69 Å². The standard InChI is InChI=1S/C24H28N2O/c1-25(2)21-12-6-18(7-13-21)24(20-10-16-23(27-5)17-11-20)19-8-14-22(15-9-19)26(3)4/h6-17,21H,1-5H3. The number of rotatable bonds is 5. The first-order chi connectivity index (χ1) is 13.0. The molecule has 0 spiro atoms. The lowest BCUT2D eigenvalue weighted by molar-refractivity contribution is 0.390. The van der Waals surface area contributed by atoms with E-state index in [-0.39, 0.29) is 0 Å². The van der Waals surface area contributed by atoms with Gasteiger partial charge >= 0.3 is 0 Å². The fourth-order valence-corrected chi connectivity index (χ4v) is 3.22. The maximum atomic E-state index is 5.33. The third-order valence-corrected chi connectivity index (χ3v) is 4.88. The Morgan fingerprint density at radius 1 is 0.778 bits per heavy atom. The SMILES string of the molecule is COc1ccc(C(=C2C=CC(N(C)C)C=C2)c2ccc(N(C)C)cc2)cc1. The summed E-state index contributed by atoms with van der Waals surface area (Å²) in [7, 11) is 10.0. The van der Waals surface area contributed by atoms with Gasteiger partial charge in [-0.15, -0.1) is 0 Å². The number of allylic oxidation sites excluding steroid dienone is 3. The lowest BCUT2D eigenvalue weighted by atomic mass is 9.90. The van der Waals surface area contributed by atoms with E-state index < -0.39 is 0 Å². The molecule has 1 aliphatic rings. The Balaban J connectivity index is 2.08. The number of methoxy groups -OCH3 is 1. The molecule has 0 amide bonds. The van der Waals surface area contributed by atoms with Crippen molar-refractivity contribution in [3.63, 3.8) is 0 Å². The fraction of sp³-hybridized carbons (Fsp3) is 0.250. The topological polar surface area (TPSA) is 15.7 Å². The zero-order chi connectivity index (χ0) is 19.4. The Bertz CT molecular complexity index is 840. The molecule has 3 rings (SSSR count). The smallest absolute Gasteiger partial charge is 0.118 e. The molecule has 27 heavy (non-hydrogen) atoms. The molecule has 2 aromatic carbocycles. The van der Waals surface area contributed by atoms with Gasteiger partial charge in [-0.1, -0.05) is 48.6 Å². The van der Waals surface area contributed by atoms with Crippen LogP contribution in [0, 0.1) is 0 Å². The number of benzene rings is 2. The van der Waals surface area contributed by atoms with Crippen LogP contribution in [0.1, 0.15) is 11.1 Å². The first-order valence-electron chi connectivity index (χ1n) is 9.19. The number of likely N-dealkylation sites (N-methyl/N-ethyl adjacent to an activating group) is 1. The van der Waals surface area contributed by atoms with Crippen LogP contribution in [0.2, 0.25) is 0 Å². The minimum atomic E-state index is 0.335. The summed E-state index contributed by atoms with van der Waals surface area (Å²) in [5, 5.41) is 0. The molecule has 0 aromatic heterocycles. The third-order valence-electron chi connectivity index (χ3n) is 4.88. The fourth-order valence-electron chi connectivity index (χ4n) is 3.22. The van der Waals surface area contributed by atoms with Crippen LogP contribution in [0.25, 0.3) is 5.57 Å². The zero-order valence-electron chi connectivity index (χ0n) is 16.8. The number of hydrogen-bond acceptors (Lipinski definition) is 3. The van der Waals surface area contributed by atoms with Gasteiger partial charge < -0.3 is 9.64 Å². The van der Waals surface area contributed by atoms with Crippen LogP contribution < -0.4 is 9.64 Å². The lowest BCUT2D eigenvalue weighted by Gasteiger charge is -2.22. The van der Waals surface area contributed by atoms with E-state index in [2.05, 4.69) is 98.7 Å². The van der Waals surface area contributed by atoms with Crippen molar-refractivity contribution in [1.29, 1.82) is 0 Å². The van der Waals surface area contributed by atoms with Crippen LogP contribution in [-0.2, 0) is 0 Å². The second-order valence-corrected chi connectivity index (χ2v) is 7.17. The van der Waals surface area contributed by atoms with Crippen molar-refractivity contribution < 1.29 is 4.74 Å². The first kappa shape index (κ1) is 19.0. The first-order valence-corrected chi connectivity index (χ1v) is 9.19. The Morgan fingerprint density at radius 2 is 1.30 bits per heavy atom. The largest absolute Gasteiger partial charge is 0.497 e. The van der Waals surface area contributed by atoms with E-state index in [1.807, 2.05) is 12.1 Å². The summed E-state index contributed by atoms with van der Waals surface area (Å²) in [6.07, 6.45) is 8.94. The van der Waals surface area contributed by atoms with E-state index in [0.29, 0.717) is 6.04 Å². The summed E-state index contributed by atoms with van der Waals surface area (Å²) in [5.74, 6) is 0.869. The number of anilines is 1. The van der Waals surface area contributed by atoms with Gasteiger partial charge in [0.05, 0.1) is 7.11 Å². The highest BCUT2D eigenvalue weighted by Gasteiger charge is 2.14. The van der Waals surface area contributed by atoms with E-state index in [1.54, 1.807) is 7.11 Å². The van der Waals surface area contributed by atoms with Gasteiger partial charge in [0.2, 0.25) is 0 Å². The van der Waals surface area contributed by atoms with Crippen molar-refractivity contribution in [2.24, 2.45) is 0 Å². The van der Waals surface area contributed by atoms with Crippen molar-refractivity contribution in [2.75, 3.05) is 40.2 Å². The van der Waals surface area contributed by atoms with Crippen molar-refractivity contribution in [1.82, 2.24) is 4.90 Å². The van der Waals surface area contributed by atoms with E-state index in [1.165, 1.54) is 28.0 Å². The predicted octanol–water partition coefficient (Wildman–Crippen LogP) is 4.62. The van der Waals surface area contributed by atoms with E-state index in [4.69, 9.17) is 4.74 Å². The molecule has 2 aromatic rings. The van der Waals surface area contributed by atoms with Crippen LogP contribution in [0.3, 0.4) is 0 Å². The molecule has 140 valence electrons. The molecule has 0 bridgehead atoms. The highest BCUT2D eigenvalue weighted by Crippen LogP contribution is 2.32. The van der Waals surface area contributed by atoms with Gasteiger partial charge in [-0.2, -0.15) is 0 Å². The summed E-state index contributed by atoms with van der Waals surface area (Å²) in [6, 6.07) is 17.3. The predicted molar refractivity (Wildman–Crippen MR) is 116 cm³/mol. The highest BCUT2D eigenvalue weighted by molar-refractivity contribution is 5.86. The second kappa shape index (κ2) is 8.28. The molecule has 3 nitrogen and oxygen atoms in total. The van der Waals surface area contributed by atoms with Gasteiger partial charge in [-0.25, -0.2) is 0 Å². The molecule has 1 aliphatic carbocycles. The number of ether oxygens (including phenoxy) is 1. The highest BCUT2D eigenvalue weighted by atomic mass is 16.5. The van der Waals surface area contributed by atoms with Gasteiger partial charge in [0, 0.05) is 25.8 Å². The second-order valence-electron chi connectivity index (χ2n) is 7.17. The maximum Gasteiger partial charge on any atom is 0.118 e. The number of nitrogens with zero attached hydrogens (tertiary/aromatic N) is 2. The monoisotopic (exact) mass is 360 g/mol. The van der Waals surface area contributed by atoms with Crippen molar-refractivity contribution in [3.8, 4) is 5.75 Å². The minimum absolute atomic E-state index is 0.335. The van der Waals surface area contributed by atoms with Gasteiger partial charge in [0.25, 0.3) is 0 Å². The van der Waals surface area contributed by atoms with Crippen LogP contribution in [-0.4, -0.2) is 46.2 Å². The molecule has 3 heteroatoms. The zero-order valence-corrected chi connectivity index (χ0v) is 16.8. The quantitative estimate of drug-likeness (QED) is 0.774. The molecule has 0 saturated heterocycles. The Labute approximate surface area is 162 Å². The van der Waals surface area contributed by atoms with Crippen LogP contribution >= 0.6 is 0 Å². The van der Waals surface area contributed by atoms with Crippen molar-refractivity contribution in [3.05, 3.63) is 89.5 Å². The molecule has 0 unspecified atom stereocenters. The van der Waals surface area contributed by atoms with E-state index in [0.717, 1.165) is 5.75 Å². The molecule has 0 saturated carbocycles. The van der Waals surface area contributed by atoms with Gasteiger partial charge in [-0.05, 0) is 60.6 Å². The average Bonchev–Trinajstić information content (AvgIpc) is 2.69. The summed E-state index contributed by atoms with van der Waals surface area (Å²) in [6.45, 7) is 0. The molecular formula is C24H28N2O. The summed E-state index contributed by atoms with van der Waals surface area (Å²) >= 11 is 0. The minimum Gasteiger partial charge on any atom is -0.497 e. The van der Waals surface area contributed by atoms with Crippen molar-refractivity contribution in [2.45, 2.75) is 6.04 Å². The summed E-state index contributed by atoms with van der Waals surface area (Å²) in [5.41, 5.74) is 6.03. The van der Waals surface area contributed by atoms with Gasteiger partial charge in [-0.3, -0.25) is 4.90 Å². The van der Waals surface area contributed by atoms with Crippen molar-refractivity contribution >= 4 is 11.3 Å². The van der Waals surface area contributed by atoms with Gasteiger partial charge in [0.1, 0.15) is 5.75 Å². The van der Waals surface area contributed by atoms with E-state index >= 15 is 0 Å². The summed E-state index contributed by atoms with van der Waals surface area (Å²) in [4.78, 5) is 4.31. The molecule has 0 fully saturated rings. The molecule has 0 aliphatic heterocycles. The third kappa shape index (κ3) is 4.32. The van der Waals surface area contributed by atoms with Crippen LogP contribution in [0.5, 0.6) is 5.75 Å². The molecule has 0 N–H and O–H groups in total.